The number of alkyl carbamates (subject to hydrolysis) is 1. The number of methoxy groups -OCH3 is 1. The first-order valence-corrected chi connectivity index (χ1v) is 8.11. The Morgan fingerprint density at radius 3 is 2.50 bits per heavy atom. The van der Waals surface area contributed by atoms with Crippen LogP contribution >= 0.6 is 0 Å². The van der Waals surface area contributed by atoms with Crippen molar-refractivity contribution in [2.24, 2.45) is 0 Å². The molecule has 0 heterocycles. The molecule has 126 valence electrons. The number of anilines is 1. The number of hydrogen-bond acceptors (Lipinski definition) is 4. The molecule has 2 N–H and O–H groups in total. The molecule has 24 heavy (non-hydrogen) atoms. The fourth-order valence-electron chi connectivity index (χ4n) is 2.77. The van der Waals surface area contributed by atoms with E-state index in [1.165, 1.54) is 0 Å². The Morgan fingerprint density at radius 1 is 1.04 bits per heavy atom. The fourth-order valence-corrected chi connectivity index (χ4v) is 2.77. The van der Waals surface area contributed by atoms with Gasteiger partial charge in [0.2, 0.25) is 0 Å². The fraction of sp³-hybridized carbons (Fsp3) is 0.316. The Bertz CT molecular complexity index is 669. The van der Waals surface area contributed by atoms with E-state index in [9.17, 15) is 4.79 Å². The van der Waals surface area contributed by atoms with E-state index in [1.807, 2.05) is 54.6 Å². The number of nitrogens with one attached hydrogen (secondary N) is 2. The summed E-state index contributed by atoms with van der Waals surface area (Å²) in [5, 5.41) is 6.34. The molecule has 1 amide bonds. The number of benzene rings is 2. The topological polar surface area (TPSA) is 59.6 Å². The number of carbonyl (C=O) groups excluding carboxylic acids is 1. The van der Waals surface area contributed by atoms with Crippen molar-refractivity contribution >= 4 is 11.8 Å². The Hall–Kier alpha value is -2.69. The standard InChI is InChI=1S/C19H22N2O3/c1-23-18-10-6-5-9-17(18)20-15-11-16(12-15)21-19(22)24-13-14-7-3-2-4-8-14/h2-10,15-16,20H,11-13H2,1H3,(H,21,22). The molecule has 0 bridgehead atoms. The number of amides is 1. The number of ether oxygens (including phenoxy) is 2. The summed E-state index contributed by atoms with van der Waals surface area (Å²) in [5.74, 6) is 0.830. The number of para-hydroxylation sites is 2. The van der Waals surface area contributed by atoms with Gasteiger partial charge in [0.25, 0.3) is 0 Å². The van der Waals surface area contributed by atoms with Crippen molar-refractivity contribution in [2.75, 3.05) is 12.4 Å². The van der Waals surface area contributed by atoms with Crippen LogP contribution in [0.25, 0.3) is 0 Å². The Balaban J connectivity index is 1.38. The lowest BCUT2D eigenvalue weighted by molar-refractivity contribution is 0.129. The average molecular weight is 326 g/mol. The summed E-state index contributed by atoms with van der Waals surface area (Å²) in [6, 6.07) is 18.0. The van der Waals surface area contributed by atoms with Gasteiger partial charge in [-0.1, -0.05) is 42.5 Å². The van der Waals surface area contributed by atoms with Crippen LogP contribution < -0.4 is 15.4 Å². The van der Waals surface area contributed by atoms with E-state index in [-0.39, 0.29) is 12.1 Å². The highest BCUT2D eigenvalue weighted by atomic mass is 16.5. The maximum absolute atomic E-state index is 11.8. The molecule has 0 spiro atoms. The van der Waals surface area contributed by atoms with Crippen LogP contribution in [0.15, 0.2) is 54.6 Å². The maximum atomic E-state index is 11.8. The molecule has 0 unspecified atom stereocenters. The zero-order valence-electron chi connectivity index (χ0n) is 13.7. The molecule has 0 atom stereocenters. The summed E-state index contributed by atoms with van der Waals surface area (Å²) >= 11 is 0. The van der Waals surface area contributed by atoms with Crippen molar-refractivity contribution in [3.8, 4) is 5.75 Å². The molecule has 0 aliphatic heterocycles. The van der Waals surface area contributed by atoms with Crippen LogP contribution in [0, 0.1) is 0 Å². The monoisotopic (exact) mass is 326 g/mol. The van der Waals surface area contributed by atoms with Crippen LogP contribution in [0.3, 0.4) is 0 Å². The van der Waals surface area contributed by atoms with Crippen molar-refractivity contribution in [1.82, 2.24) is 5.32 Å². The maximum Gasteiger partial charge on any atom is 0.407 e. The minimum atomic E-state index is -0.361. The average Bonchev–Trinajstić information content (AvgIpc) is 2.59. The summed E-state index contributed by atoms with van der Waals surface area (Å²) in [6.45, 7) is 0.294. The van der Waals surface area contributed by atoms with Crippen LogP contribution in [0.1, 0.15) is 18.4 Å². The van der Waals surface area contributed by atoms with Gasteiger partial charge in [-0.2, -0.15) is 0 Å². The SMILES string of the molecule is COc1ccccc1NC1CC(NC(=O)OCc2ccccc2)C1. The molecule has 2 aromatic carbocycles. The first-order chi connectivity index (χ1) is 11.7. The second-order valence-corrected chi connectivity index (χ2v) is 5.92. The highest BCUT2D eigenvalue weighted by Gasteiger charge is 2.31. The lowest BCUT2D eigenvalue weighted by Crippen LogP contribution is -2.49. The summed E-state index contributed by atoms with van der Waals surface area (Å²) in [7, 11) is 1.66. The van der Waals surface area contributed by atoms with Crippen LogP contribution in [0.2, 0.25) is 0 Å². The van der Waals surface area contributed by atoms with E-state index in [1.54, 1.807) is 7.11 Å². The first-order valence-electron chi connectivity index (χ1n) is 8.11. The van der Waals surface area contributed by atoms with Gasteiger partial charge in [0.05, 0.1) is 12.8 Å². The van der Waals surface area contributed by atoms with Crippen molar-refractivity contribution < 1.29 is 14.3 Å². The predicted molar refractivity (Wildman–Crippen MR) is 93.2 cm³/mol. The molecule has 5 heteroatoms. The van der Waals surface area contributed by atoms with Crippen LogP contribution in [-0.4, -0.2) is 25.3 Å². The van der Waals surface area contributed by atoms with E-state index in [2.05, 4.69) is 10.6 Å². The van der Waals surface area contributed by atoms with Gasteiger partial charge in [-0.05, 0) is 30.5 Å². The largest absolute Gasteiger partial charge is 0.495 e. The third kappa shape index (κ3) is 4.19. The van der Waals surface area contributed by atoms with Gasteiger partial charge < -0.3 is 20.1 Å². The summed E-state index contributed by atoms with van der Waals surface area (Å²) in [4.78, 5) is 11.8. The third-order valence-electron chi connectivity index (χ3n) is 4.14. The molecule has 0 radical (unpaired) electrons. The molecule has 5 nitrogen and oxygen atoms in total. The molecule has 1 aliphatic carbocycles. The van der Waals surface area contributed by atoms with Gasteiger partial charge in [-0.3, -0.25) is 0 Å². The molecular formula is C19H22N2O3. The molecule has 3 rings (SSSR count). The van der Waals surface area contributed by atoms with Crippen LogP contribution in [0.5, 0.6) is 5.75 Å². The minimum absolute atomic E-state index is 0.153. The molecule has 1 fully saturated rings. The van der Waals surface area contributed by atoms with Crippen molar-refractivity contribution in [3.63, 3.8) is 0 Å². The van der Waals surface area contributed by atoms with E-state index < -0.39 is 0 Å². The summed E-state index contributed by atoms with van der Waals surface area (Å²) in [6.07, 6.45) is 1.39. The predicted octanol–water partition coefficient (Wildman–Crippen LogP) is 3.56. The van der Waals surface area contributed by atoms with Gasteiger partial charge in [-0.15, -0.1) is 0 Å². The van der Waals surface area contributed by atoms with Crippen LogP contribution in [-0.2, 0) is 11.3 Å². The Labute approximate surface area is 142 Å². The summed E-state index contributed by atoms with van der Waals surface area (Å²) < 4.78 is 10.6. The highest BCUT2D eigenvalue weighted by Crippen LogP contribution is 2.29. The molecule has 1 aliphatic rings. The third-order valence-corrected chi connectivity index (χ3v) is 4.14. The normalized spacial score (nSPS) is 19.0. The number of carbonyl (C=O) groups is 1. The van der Waals surface area contributed by atoms with Gasteiger partial charge in [0.15, 0.2) is 0 Å². The van der Waals surface area contributed by atoms with Crippen molar-refractivity contribution in [1.29, 1.82) is 0 Å². The Kier molecular flexibility index (Phi) is 5.21. The smallest absolute Gasteiger partial charge is 0.407 e. The zero-order valence-corrected chi connectivity index (χ0v) is 13.7. The van der Waals surface area contributed by atoms with E-state index in [4.69, 9.17) is 9.47 Å². The molecule has 2 aromatic rings. The van der Waals surface area contributed by atoms with Crippen molar-refractivity contribution in [2.45, 2.75) is 31.5 Å². The quantitative estimate of drug-likeness (QED) is 0.852. The lowest BCUT2D eigenvalue weighted by Gasteiger charge is -2.36. The molecular weight excluding hydrogens is 304 g/mol. The van der Waals surface area contributed by atoms with Crippen molar-refractivity contribution in [3.05, 3.63) is 60.2 Å². The van der Waals surface area contributed by atoms with Crippen LogP contribution in [0.4, 0.5) is 10.5 Å². The second-order valence-electron chi connectivity index (χ2n) is 5.92. The molecule has 1 saturated carbocycles. The van der Waals surface area contributed by atoms with E-state index in [0.29, 0.717) is 12.6 Å². The molecule has 0 saturated heterocycles. The van der Waals surface area contributed by atoms with Gasteiger partial charge in [0.1, 0.15) is 12.4 Å². The lowest BCUT2D eigenvalue weighted by atomic mass is 9.86. The molecule has 0 aromatic heterocycles. The van der Waals surface area contributed by atoms with Gasteiger partial charge in [0, 0.05) is 12.1 Å². The minimum Gasteiger partial charge on any atom is -0.495 e. The van der Waals surface area contributed by atoms with Gasteiger partial charge >= 0.3 is 6.09 Å². The summed E-state index contributed by atoms with van der Waals surface area (Å²) in [5.41, 5.74) is 1.96. The second kappa shape index (κ2) is 7.73. The van der Waals surface area contributed by atoms with E-state index in [0.717, 1.165) is 29.8 Å². The Morgan fingerprint density at radius 2 is 1.75 bits per heavy atom. The van der Waals surface area contributed by atoms with Gasteiger partial charge in [-0.25, -0.2) is 4.79 Å². The van der Waals surface area contributed by atoms with E-state index >= 15 is 0 Å². The number of rotatable bonds is 6. The number of hydrogen-bond donors (Lipinski definition) is 2. The highest BCUT2D eigenvalue weighted by molar-refractivity contribution is 5.68. The first kappa shape index (κ1) is 16.2. The zero-order chi connectivity index (χ0) is 16.8.